The SMILES string of the molecule is COc1cc(-c2nnc(CSc3nc4ccccc4c(=O)n3Cc3ccccc3)o2)cc(OC)c1OC. The number of fused-ring (bicyclic) bond motifs is 1. The maximum absolute atomic E-state index is 13.4. The lowest BCUT2D eigenvalue weighted by atomic mass is 10.2. The third-order valence-corrected chi connectivity index (χ3v) is 6.67. The first-order valence-electron chi connectivity index (χ1n) is 11.4. The summed E-state index contributed by atoms with van der Waals surface area (Å²) in [6.45, 7) is 0.403. The van der Waals surface area contributed by atoms with Crippen LogP contribution in [0.15, 0.2) is 81.1 Å². The first kappa shape index (κ1) is 24.4. The van der Waals surface area contributed by atoms with E-state index in [1.807, 2.05) is 48.5 Å². The van der Waals surface area contributed by atoms with Crippen molar-refractivity contribution in [2.45, 2.75) is 17.5 Å². The standard InChI is InChI=1S/C27H24N4O5S/c1-33-21-13-18(14-22(34-2)24(21)35-3)25-30-29-23(36-25)16-37-27-28-20-12-8-7-11-19(20)26(32)31(27)15-17-9-5-4-6-10-17/h4-14H,15-16H2,1-3H3. The average molecular weight is 517 g/mol. The highest BCUT2D eigenvalue weighted by molar-refractivity contribution is 7.98. The van der Waals surface area contributed by atoms with E-state index in [2.05, 4.69) is 10.2 Å². The molecule has 37 heavy (non-hydrogen) atoms. The van der Waals surface area contributed by atoms with E-state index < -0.39 is 0 Å². The molecule has 10 heteroatoms. The van der Waals surface area contributed by atoms with Gasteiger partial charge in [-0.3, -0.25) is 9.36 Å². The largest absolute Gasteiger partial charge is 0.493 e. The van der Waals surface area contributed by atoms with Gasteiger partial charge in [0, 0.05) is 5.56 Å². The van der Waals surface area contributed by atoms with Crippen LogP contribution in [0.25, 0.3) is 22.4 Å². The second kappa shape index (κ2) is 10.8. The van der Waals surface area contributed by atoms with E-state index in [1.165, 1.54) is 11.8 Å². The van der Waals surface area contributed by atoms with Gasteiger partial charge >= 0.3 is 0 Å². The minimum absolute atomic E-state index is 0.0967. The second-order valence-corrected chi connectivity index (χ2v) is 8.93. The molecule has 0 unspecified atom stereocenters. The highest BCUT2D eigenvalue weighted by atomic mass is 32.2. The molecule has 0 N–H and O–H groups in total. The number of thioether (sulfide) groups is 1. The van der Waals surface area contributed by atoms with Gasteiger partial charge in [-0.05, 0) is 29.8 Å². The molecule has 0 aliphatic heterocycles. The Hall–Kier alpha value is -4.31. The van der Waals surface area contributed by atoms with Crippen LogP contribution in [0.3, 0.4) is 0 Å². The summed E-state index contributed by atoms with van der Waals surface area (Å²) in [6, 6.07) is 20.6. The molecule has 2 heterocycles. The summed E-state index contributed by atoms with van der Waals surface area (Å²) in [4.78, 5) is 18.1. The normalized spacial score (nSPS) is 11.0. The zero-order chi connectivity index (χ0) is 25.8. The Labute approximate surface area is 217 Å². The highest BCUT2D eigenvalue weighted by Gasteiger charge is 2.19. The molecule has 0 saturated carbocycles. The fourth-order valence-corrected chi connectivity index (χ4v) is 4.76. The summed E-state index contributed by atoms with van der Waals surface area (Å²) in [7, 11) is 4.63. The molecule has 0 fully saturated rings. The lowest BCUT2D eigenvalue weighted by molar-refractivity contribution is 0.324. The molecule has 3 aromatic carbocycles. The number of nitrogens with zero attached hydrogens (tertiary/aromatic N) is 4. The third kappa shape index (κ3) is 5.01. The minimum Gasteiger partial charge on any atom is -0.493 e. The van der Waals surface area contributed by atoms with Gasteiger partial charge in [-0.1, -0.05) is 54.2 Å². The second-order valence-electron chi connectivity index (χ2n) is 7.99. The van der Waals surface area contributed by atoms with E-state index in [-0.39, 0.29) is 5.56 Å². The van der Waals surface area contributed by atoms with E-state index in [1.54, 1.807) is 44.1 Å². The van der Waals surface area contributed by atoms with Gasteiger partial charge in [-0.2, -0.15) is 0 Å². The van der Waals surface area contributed by atoms with Crippen LogP contribution >= 0.6 is 11.8 Å². The molecule has 0 saturated heterocycles. The van der Waals surface area contributed by atoms with E-state index >= 15 is 0 Å². The van der Waals surface area contributed by atoms with Gasteiger partial charge in [-0.15, -0.1) is 10.2 Å². The van der Waals surface area contributed by atoms with Crippen LogP contribution in [0.5, 0.6) is 17.2 Å². The van der Waals surface area contributed by atoms with Gasteiger partial charge in [0.05, 0.1) is 44.5 Å². The molecule has 2 aromatic heterocycles. The van der Waals surface area contributed by atoms with Crippen molar-refractivity contribution < 1.29 is 18.6 Å². The first-order chi connectivity index (χ1) is 18.1. The van der Waals surface area contributed by atoms with E-state index in [0.29, 0.717) is 63.0 Å². The van der Waals surface area contributed by atoms with E-state index in [9.17, 15) is 4.79 Å². The molecule has 5 aromatic rings. The van der Waals surface area contributed by atoms with Crippen LogP contribution in [0, 0.1) is 0 Å². The van der Waals surface area contributed by atoms with Crippen molar-refractivity contribution in [3.8, 4) is 28.7 Å². The molecule has 9 nitrogen and oxygen atoms in total. The average Bonchev–Trinajstić information content (AvgIpc) is 3.42. The molecule has 188 valence electrons. The van der Waals surface area contributed by atoms with Crippen molar-refractivity contribution in [3.63, 3.8) is 0 Å². The molecule has 0 amide bonds. The zero-order valence-corrected chi connectivity index (χ0v) is 21.3. The Kier molecular flexibility index (Phi) is 7.09. The van der Waals surface area contributed by atoms with Crippen LogP contribution in [0.2, 0.25) is 0 Å². The van der Waals surface area contributed by atoms with Crippen LogP contribution < -0.4 is 19.8 Å². The lowest BCUT2D eigenvalue weighted by Crippen LogP contribution is -2.24. The van der Waals surface area contributed by atoms with Gasteiger partial charge in [-0.25, -0.2) is 4.98 Å². The van der Waals surface area contributed by atoms with Crippen molar-refractivity contribution >= 4 is 22.7 Å². The van der Waals surface area contributed by atoms with Crippen LogP contribution in [-0.2, 0) is 12.3 Å². The lowest BCUT2D eigenvalue weighted by Gasteiger charge is -2.13. The van der Waals surface area contributed by atoms with Gasteiger partial charge < -0.3 is 18.6 Å². The number of ether oxygens (including phenoxy) is 3. The number of rotatable bonds is 9. The van der Waals surface area contributed by atoms with Crippen molar-refractivity contribution in [2.24, 2.45) is 0 Å². The monoisotopic (exact) mass is 516 g/mol. The molecule has 0 aliphatic rings. The number of methoxy groups -OCH3 is 3. The van der Waals surface area contributed by atoms with Crippen LogP contribution in [0.4, 0.5) is 0 Å². The topological polar surface area (TPSA) is 102 Å². The molecule has 0 radical (unpaired) electrons. The van der Waals surface area contributed by atoms with Gasteiger partial charge in [0.25, 0.3) is 5.56 Å². The molecular formula is C27H24N4O5S. The van der Waals surface area contributed by atoms with Gasteiger partial charge in [0.2, 0.25) is 17.5 Å². The smallest absolute Gasteiger partial charge is 0.262 e. The fraction of sp³-hybridized carbons (Fsp3) is 0.185. The van der Waals surface area contributed by atoms with E-state index in [0.717, 1.165) is 5.56 Å². The molecule has 0 spiro atoms. The van der Waals surface area contributed by atoms with Crippen molar-refractivity contribution in [3.05, 3.63) is 88.5 Å². The predicted molar refractivity (Wildman–Crippen MR) is 140 cm³/mol. The summed E-state index contributed by atoms with van der Waals surface area (Å²) in [6.07, 6.45) is 0. The van der Waals surface area contributed by atoms with Gasteiger partial charge in [0.15, 0.2) is 16.7 Å². The molecular weight excluding hydrogens is 492 g/mol. The number of benzene rings is 3. The van der Waals surface area contributed by atoms with Crippen molar-refractivity contribution in [2.75, 3.05) is 21.3 Å². The quantitative estimate of drug-likeness (QED) is 0.202. The Bertz CT molecular complexity index is 1580. The summed E-state index contributed by atoms with van der Waals surface area (Å²) < 4.78 is 23.8. The number of para-hydroxylation sites is 1. The molecule has 0 atom stereocenters. The Morgan fingerprint density at radius 3 is 2.30 bits per heavy atom. The van der Waals surface area contributed by atoms with Crippen LogP contribution in [-0.4, -0.2) is 41.1 Å². The van der Waals surface area contributed by atoms with Crippen molar-refractivity contribution in [1.29, 1.82) is 0 Å². The molecule has 0 bridgehead atoms. The highest BCUT2D eigenvalue weighted by Crippen LogP contribution is 2.41. The molecule has 5 rings (SSSR count). The Morgan fingerprint density at radius 2 is 1.59 bits per heavy atom. The Morgan fingerprint density at radius 1 is 0.892 bits per heavy atom. The minimum atomic E-state index is -0.0967. The number of hydrogen-bond donors (Lipinski definition) is 0. The zero-order valence-electron chi connectivity index (χ0n) is 20.5. The maximum atomic E-state index is 13.4. The predicted octanol–water partition coefficient (Wildman–Crippen LogP) is 4.81. The molecule has 0 aliphatic carbocycles. The third-order valence-electron chi connectivity index (χ3n) is 5.71. The van der Waals surface area contributed by atoms with E-state index in [4.69, 9.17) is 23.6 Å². The van der Waals surface area contributed by atoms with Crippen LogP contribution in [0.1, 0.15) is 11.5 Å². The Balaban J connectivity index is 1.44. The fourth-order valence-electron chi connectivity index (χ4n) is 3.92. The summed E-state index contributed by atoms with van der Waals surface area (Å²) in [5.74, 6) is 2.47. The van der Waals surface area contributed by atoms with Crippen molar-refractivity contribution in [1.82, 2.24) is 19.7 Å². The first-order valence-corrected chi connectivity index (χ1v) is 12.4. The summed E-state index contributed by atoms with van der Waals surface area (Å²) in [5.41, 5.74) is 2.18. The van der Waals surface area contributed by atoms with Gasteiger partial charge in [0.1, 0.15) is 0 Å². The maximum Gasteiger partial charge on any atom is 0.262 e. The summed E-state index contributed by atoms with van der Waals surface area (Å²) in [5, 5.41) is 9.53. The summed E-state index contributed by atoms with van der Waals surface area (Å²) >= 11 is 1.36. The number of aromatic nitrogens is 4. The number of hydrogen-bond acceptors (Lipinski definition) is 9.